The molecule has 1 amide bonds. The van der Waals surface area contributed by atoms with Crippen LogP contribution in [0.5, 0.6) is 5.75 Å². The molecule has 0 saturated heterocycles. The van der Waals surface area contributed by atoms with Gasteiger partial charge in [0.2, 0.25) is 10.0 Å². The van der Waals surface area contributed by atoms with E-state index in [2.05, 4.69) is 35.9 Å². The second-order valence-electron chi connectivity index (χ2n) is 10.5. The third-order valence-corrected chi connectivity index (χ3v) is 9.59. The van der Waals surface area contributed by atoms with Crippen molar-refractivity contribution in [2.45, 2.75) is 31.6 Å². The van der Waals surface area contributed by atoms with Gasteiger partial charge in [-0.15, -0.1) is 0 Å². The lowest BCUT2D eigenvalue weighted by Gasteiger charge is -2.10. The molecule has 226 valence electrons. The van der Waals surface area contributed by atoms with Crippen LogP contribution in [0.4, 0.5) is 5.69 Å². The molecule has 0 aliphatic heterocycles. The zero-order valence-corrected chi connectivity index (χ0v) is 26.2. The van der Waals surface area contributed by atoms with E-state index in [4.69, 9.17) is 20.4 Å². The minimum absolute atomic E-state index is 0.212. The molecule has 0 atom stereocenters. The molecule has 13 heteroatoms. The first-order valence-electron chi connectivity index (χ1n) is 14.1. The Balaban J connectivity index is 1.29. The van der Waals surface area contributed by atoms with Gasteiger partial charge in [-0.2, -0.15) is 0 Å². The molecule has 0 radical (unpaired) electrons. The number of ether oxygens (including phenoxy) is 1. The number of hydrogen-bond acceptors (Lipinski definition) is 9. The van der Waals surface area contributed by atoms with Crippen LogP contribution in [0.15, 0.2) is 71.3 Å². The molecule has 1 aliphatic carbocycles. The van der Waals surface area contributed by atoms with E-state index in [-0.39, 0.29) is 5.56 Å². The summed E-state index contributed by atoms with van der Waals surface area (Å²) in [6, 6.07) is 18.8. The molecule has 0 spiro atoms. The Morgan fingerprint density at radius 3 is 2.73 bits per heavy atom. The number of nitrogens with one attached hydrogen (secondary N) is 3. The van der Waals surface area contributed by atoms with Gasteiger partial charge in [0.15, 0.2) is 0 Å². The Kier molecular flexibility index (Phi) is 8.34. The van der Waals surface area contributed by atoms with Crippen molar-refractivity contribution in [3.63, 3.8) is 0 Å². The summed E-state index contributed by atoms with van der Waals surface area (Å²) in [6.45, 7) is 3.04. The summed E-state index contributed by atoms with van der Waals surface area (Å²) < 4.78 is 33.0. The highest BCUT2D eigenvalue weighted by molar-refractivity contribution is 9.10. The van der Waals surface area contributed by atoms with Crippen molar-refractivity contribution in [2.24, 2.45) is 5.73 Å². The van der Waals surface area contributed by atoms with Crippen LogP contribution in [-0.4, -0.2) is 52.7 Å². The molecule has 1 fully saturated rings. The number of nitrogens with zero attached hydrogens (tertiary/aromatic N) is 3. The monoisotopic (exact) mass is 675 g/mol. The van der Waals surface area contributed by atoms with Gasteiger partial charge in [-0.1, -0.05) is 12.1 Å². The number of sulfonamides is 1. The number of hydrogen-bond donors (Lipinski definition) is 4. The molecule has 11 nitrogen and oxygen atoms in total. The van der Waals surface area contributed by atoms with Crippen LogP contribution in [0.25, 0.3) is 33.5 Å². The standard InChI is InChI=1S/C31H30BrN7O4S/c1-18-3-2-4-27(36-18)30-29(19-5-10-26-20(13-19)14-22(16-35-26)43-12-11-33)37-28(38-30)17-34-21-6-9-25(32)24(15-21)31(40)39-44(41,42)23-7-8-23/h2-6,9-10,13-16,23,34H,7-8,11-12,17,33H2,1H3,(H,37,38)(H,39,40). The molecule has 3 aromatic heterocycles. The zero-order chi connectivity index (χ0) is 30.8. The minimum Gasteiger partial charge on any atom is -0.491 e. The van der Waals surface area contributed by atoms with Crippen molar-refractivity contribution in [2.75, 3.05) is 18.5 Å². The first kappa shape index (κ1) is 29.7. The molecule has 0 unspecified atom stereocenters. The number of carbonyl (C=O) groups excluding carboxylic acids is 1. The largest absolute Gasteiger partial charge is 0.491 e. The van der Waals surface area contributed by atoms with Crippen molar-refractivity contribution in [1.82, 2.24) is 24.7 Å². The Morgan fingerprint density at radius 1 is 1.11 bits per heavy atom. The van der Waals surface area contributed by atoms with Gasteiger partial charge in [0.1, 0.15) is 18.2 Å². The van der Waals surface area contributed by atoms with E-state index in [1.807, 2.05) is 49.4 Å². The molecule has 0 bridgehead atoms. The summed E-state index contributed by atoms with van der Waals surface area (Å²) in [6.07, 6.45) is 2.81. The third-order valence-electron chi connectivity index (χ3n) is 7.08. The van der Waals surface area contributed by atoms with E-state index >= 15 is 0 Å². The molecule has 44 heavy (non-hydrogen) atoms. The van der Waals surface area contributed by atoms with E-state index in [0.717, 1.165) is 39.2 Å². The Hall–Kier alpha value is -4.33. The van der Waals surface area contributed by atoms with Crippen molar-refractivity contribution < 1.29 is 17.9 Å². The summed E-state index contributed by atoms with van der Waals surface area (Å²) in [5.74, 6) is 0.602. The number of carbonyl (C=O) groups is 1. The van der Waals surface area contributed by atoms with Gasteiger partial charge >= 0.3 is 0 Å². The van der Waals surface area contributed by atoms with Gasteiger partial charge in [-0.05, 0) is 84.2 Å². The number of H-pyrrole nitrogens is 1. The van der Waals surface area contributed by atoms with Gasteiger partial charge in [0.25, 0.3) is 5.91 Å². The topological polar surface area (TPSA) is 165 Å². The number of amides is 1. The van der Waals surface area contributed by atoms with Gasteiger partial charge < -0.3 is 20.8 Å². The van der Waals surface area contributed by atoms with E-state index in [1.54, 1.807) is 24.4 Å². The number of imidazole rings is 1. The first-order chi connectivity index (χ1) is 21.2. The van der Waals surface area contributed by atoms with Crippen LogP contribution in [0, 0.1) is 6.92 Å². The average molecular weight is 677 g/mol. The van der Waals surface area contributed by atoms with Crippen LogP contribution in [-0.2, 0) is 16.6 Å². The molecule has 2 aromatic carbocycles. The molecular formula is C31H30BrN7O4S. The molecular weight excluding hydrogens is 646 g/mol. The van der Waals surface area contributed by atoms with E-state index < -0.39 is 21.2 Å². The lowest BCUT2D eigenvalue weighted by Crippen LogP contribution is -2.33. The van der Waals surface area contributed by atoms with E-state index in [9.17, 15) is 13.2 Å². The lowest BCUT2D eigenvalue weighted by molar-refractivity contribution is 0.0980. The average Bonchev–Trinajstić information content (AvgIpc) is 3.79. The molecule has 5 N–H and O–H groups in total. The summed E-state index contributed by atoms with van der Waals surface area (Å²) >= 11 is 3.36. The van der Waals surface area contributed by atoms with Gasteiger partial charge in [-0.3, -0.25) is 14.8 Å². The number of aryl methyl sites for hydroxylation is 1. The normalized spacial score (nSPS) is 13.2. The fraction of sp³-hybridized carbons (Fsp3) is 0.226. The van der Waals surface area contributed by atoms with Gasteiger partial charge in [0, 0.05) is 33.3 Å². The number of aromatic amines is 1. The molecule has 1 saturated carbocycles. The van der Waals surface area contributed by atoms with E-state index in [1.165, 1.54) is 0 Å². The molecule has 3 heterocycles. The Morgan fingerprint density at radius 2 is 1.95 bits per heavy atom. The van der Waals surface area contributed by atoms with Gasteiger partial charge in [0.05, 0.1) is 46.2 Å². The number of benzene rings is 2. The number of rotatable bonds is 11. The van der Waals surface area contributed by atoms with E-state index in [0.29, 0.717) is 54.3 Å². The zero-order valence-electron chi connectivity index (χ0n) is 23.8. The first-order valence-corrected chi connectivity index (χ1v) is 16.4. The fourth-order valence-electron chi connectivity index (χ4n) is 4.74. The van der Waals surface area contributed by atoms with Gasteiger partial charge in [-0.25, -0.2) is 18.1 Å². The van der Waals surface area contributed by atoms with Crippen molar-refractivity contribution in [1.29, 1.82) is 0 Å². The maximum absolute atomic E-state index is 12.8. The number of anilines is 1. The predicted octanol–water partition coefficient (Wildman–Crippen LogP) is 4.93. The SMILES string of the molecule is Cc1cccc(-c2[nH]c(CNc3ccc(Br)c(C(=O)NS(=O)(=O)C4CC4)c3)nc2-c2ccc3ncc(OCCN)cc3c2)n1. The predicted molar refractivity (Wildman–Crippen MR) is 173 cm³/mol. The highest BCUT2D eigenvalue weighted by atomic mass is 79.9. The fourth-order valence-corrected chi connectivity index (χ4v) is 6.46. The summed E-state index contributed by atoms with van der Waals surface area (Å²) in [4.78, 5) is 30.4. The lowest BCUT2D eigenvalue weighted by atomic mass is 10.1. The highest BCUT2D eigenvalue weighted by Gasteiger charge is 2.37. The van der Waals surface area contributed by atoms with Crippen LogP contribution < -0.4 is 20.5 Å². The maximum atomic E-state index is 12.8. The van der Waals surface area contributed by atoms with Crippen LogP contribution >= 0.6 is 15.9 Å². The minimum atomic E-state index is -3.68. The van der Waals surface area contributed by atoms with Crippen LogP contribution in [0.2, 0.25) is 0 Å². The summed E-state index contributed by atoms with van der Waals surface area (Å²) in [5.41, 5.74) is 11.2. The van der Waals surface area contributed by atoms with Crippen LogP contribution in [0.3, 0.4) is 0 Å². The molecule has 5 aromatic rings. The number of aromatic nitrogens is 4. The summed E-state index contributed by atoms with van der Waals surface area (Å²) in [7, 11) is -3.68. The highest BCUT2D eigenvalue weighted by Crippen LogP contribution is 2.33. The maximum Gasteiger partial charge on any atom is 0.265 e. The number of halogens is 1. The smallest absolute Gasteiger partial charge is 0.265 e. The molecule has 1 aliphatic rings. The van der Waals surface area contributed by atoms with Crippen molar-refractivity contribution in [3.8, 4) is 28.4 Å². The second-order valence-corrected chi connectivity index (χ2v) is 13.3. The van der Waals surface area contributed by atoms with Crippen molar-refractivity contribution in [3.05, 3.63) is 88.4 Å². The Labute approximate surface area is 262 Å². The van der Waals surface area contributed by atoms with Crippen LogP contribution in [0.1, 0.15) is 34.7 Å². The Bertz CT molecular complexity index is 1980. The number of fused-ring (bicyclic) bond motifs is 1. The number of nitrogens with two attached hydrogens (primary N) is 1. The molecule has 6 rings (SSSR count). The second kappa shape index (κ2) is 12.3. The quantitative estimate of drug-likeness (QED) is 0.152. The summed E-state index contributed by atoms with van der Waals surface area (Å²) in [5, 5.41) is 3.69. The third kappa shape index (κ3) is 6.59. The van der Waals surface area contributed by atoms with Crippen molar-refractivity contribution >= 4 is 48.5 Å². The number of pyridine rings is 2.